The monoisotopic (exact) mass is 380 g/mol. The van der Waals surface area contributed by atoms with Crippen LogP contribution in [0.15, 0.2) is 23.8 Å². The molecule has 0 saturated heterocycles. The predicted molar refractivity (Wildman–Crippen MR) is 96.0 cm³/mol. The third kappa shape index (κ3) is 4.38. The normalized spacial score (nSPS) is 25.3. The van der Waals surface area contributed by atoms with Crippen molar-refractivity contribution in [1.82, 2.24) is 0 Å². The average molecular weight is 381 g/mol. The Balaban J connectivity index is 3.17. The van der Waals surface area contributed by atoms with E-state index in [1.54, 1.807) is 0 Å². The highest BCUT2D eigenvalue weighted by Crippen LogP contribution is 2.45. The summed E-state index contributed by atoms with van der Waals surface area (Å²) in [6.45, 7) is 15.1. The molecule has 25 heavy (non-hydrogen) atoms. The van der Waals surface area contributed by atoms with Crippen LogP contribution >= 0.6 is 0 Å². The zero-order valence-corrected chi connectivity index (χ0v) is 17.3. The van der Waals surface area contributed by atoms with Crippen LogP contribution in [0.2, 0.25) is 18.1 Å². The van der Waals surface area contributed by atoms with E-state index in [2.05, 4.69) is 40.4 Å². The third-order valence-electron chi connectivity index (χ3n) is 5.45. The van der Waals surface area contributed by atoms with Crippen LogP contribution < -0.4 is 0 Å². The van der Waals surface area contributed by atoms with Crippen LogP contribution in [0.4, 0.5) is 13.2 Å². The first-order valence-corrected chi connectivity index (χ1v) is 11.4. The molecule has 0 aromatic carbocycles. The molecule has 0 amide bonds. The highest BCUT2D eigenvalue weighted by Gasteiger charge is 2.57. The van der Waals surface area contributed by atoms with Crippen LogP contribution in [0.1, 0.15) is 40.5 Å². The third-order valence-corrected chi connectivity index (χ3v) is 9.95. The molecular formula is C18H31F3O3Si. The van der Waals surface area contributed by atoms with Crippen molar-refractivity contribution < 1.29 is 27.4 Å². The second kappa shape index (κ2) is 7.17. The fraction of sp³-hybridized carbons (Fsp3) is 0.778. The number of halogens is 3. The average Bonchev–Trinajstić information content (AvgIpc) is 2.43. The van der Waals surface area contributed by atoms with Gasteiger partial charge in [-0.15, -0.1) is 0 Å². The maximum absolute atomic E-state index is 13.5. The molecule has 1 N–H and O–H groups in total. The van der Waals surface area contributed by atoms with Crippen molar-refractivity contribution >= 4 is 8.32 Å². The second-order valence-corrected chi connectivity index (χ2v) is 13.1. The molecule has 1 aliphatic rings. The first kappa shape index (κ1) is 22.4. The smallest absolute Gasteiger partial charge is 0.411 e. The number of aliphatic hydroxyl groups is 1. The standard InChI is InChI=1S/C18H31F3O3Si/c1-12(2)17(22,18(19,20)21)13-9-10-14(15(11-13)23-6)24-25(7,8)16(3,4)5/h11,14-15,22H,1,9-10H2,2-8H3/t14-,15-,17?/m0/s1. The Morgan fingerprint density at radius 1 is 1.28 bits per heavy atom. The van der Waals surface area contributed by atoms with Gasteiger partial charge in [-0.1, -0.05) is 33.4 Å². The fourth-order valence-corrected chi connectivity index (χ4v) is 4.11. The molecule has 0 spiro atoms. The molecule has 0 aliphatic heterocycles. The van der Waals surface area contributed by atoms with E-state index in [1.807, 2.05) is 0 Å². The fourth-order valence-electron chi connectivity index (χ4n) is 2.75. The summed E-state index contributed by atoms with van der Waals surface area (Å²) in [7, 11) is -0.644. The summed E-state index contributed by atoms with van der Waals surface area (Å²) in [6.07, 6.45) is -3.97. The summed E-state index contributed by atoms with van der Waals surface area (Å²) < 4.78 is 52.2. The lowest BCUT2D eigenvalue weighted by Gasteiger charge is -2.43. The van der Waals surface area contributed by atoms with Crippen molar-refractivity contribution in [1.29, 1.82) is 0 Å². The first-order chi connectivity index (χ1) is 11.1. The topological polar surface area (TPSA) is 38.7 Å². The van der Waals surface area contributed by atoms with Gasteiger partial charge >= 0.3 is 6.18 Å². The maximum atomic E-state index is 13.5. The van der Waals surface area contributed by atoms with Gasteiger partial charge in [-0.2, -0.15) is 13.2 Å². The molecule has 3 nitrogen and oxygen atoms in total. The Bertz CT molecular complexity index is 535. The highest BCUT2D eigenvalue weighted by molar-refractivity contribution is 6.74. The Morgan fingerprint density at radius 2 is 1.80 bits per heavy atom. The maximum Gasteiger partial charge on any atom is 0.425 e. The Labute approximate surface area is 150 Å². The van der Waals surface area contributed by atoms with Gasteiger partial charge < -0.3 is 14.3 Å². The van der Waals surface area contributed by atoms with Crippen LogP contribution in [-0.4, -0.2) is 44.5 Å². The summed E-state index contributed by atoms with van der Waals surface area (Å²) in [6, 6.07) is 0. The zero-order valence-electron chi connectivity index (χ0n) is 16.3. The van der Waals surface area contributed by atoms with Crippen LogP contribution in [0, 0.1) is 0 Å². The van der Waals surface area contributed by atoms with Crippen molar-refractivity contribution in [2.75, 3.05) is 7.11 Å². The summed E-state index contributed by atoms with van der Waals surface area (Å²) in [5, 5.41) is 10.3. The molecule has 1 rings (SSSR count). The molecule has 1 aliphatic carbocycles. The van der Waals surface area contributed by atoms with E-state index in [0.29, 0.717) is 6.42 Å². The highest BCUT2D eigenvalue weighted by atomic mass is 28.4. The van der Waals surface area contributed by atoms with E-state index in [-0.39, 0.29) is 28.7 Å². The van der Waals surface area contributed by atoms with Gasteiger partial charge in [0.1, 0.15) is 6.10 Å². The molecule has 1 unspecified atom stereocenters. The van der Waals surface area contributed by atoms with E-state index in [0.717, 1.165) is 0 Å². The van der Waals surface area contributed by atoms with Gasteiger partial charge in [0, 0.05) is 7.11 Å². The largest absolute Gasteiger partial charge is 0.425 e. The second-order valence-electron chi connectivity index (χ2n) is 8.34. The molecular weight excluding hydrogens is 349 g/mol. The van der Waals surface area contributed by atoms with Crippen molar-refractivity contribution in [3.05, 3.63) is 23.8 Å². The number of hydrogen-bond acceptors (Lipinski definition) is 3. The van der Waals surface area contributed by atoms with E-state index >= 15 is 0 Å². The van der Waals surface area contributed by atoms with Crippen LogP contribution in [0.5, 0.6) is 0 Å². The molecule has 0 radical (unpaired) electrons. The molecule has 0 fully saturated rings. The molecule has 0 saturated carbocycles. The first-order valence-electron chi connectivity index (χ1n) is 8.45. The Morgan fingerprint density at radius 3 is 2.16 bits per heavy atom. The van der Waals surface area contributed by atoms with Crippen molar-refractivity contribution in [3.8, 4) is 0 Å². The minimum Gasteiger partial charge on any atom is -0.411 e. The van der Waals surface area contributed by atoms with Gasteiger partial charge in [-0.25, -0.2) is 0 Å². The van der Waals surface area contributed by atoms with Crippen molar-refractivity contribution in [2.45, 2.75) is 82.7 Å². The van der Waals surface area contributed by atoms with Crippen LogP contribution in [0.3, 0.4) is 0 Å². The van der Waals surface area contributed by atoms with Crippen LogP contribution in [-0.2, 0) is 9.16 Å². The van der Waals surface area contributed by atoms with E-state index in [1.165, 1.54) is 20.1 Å². The lowest BCUT2D eigenvalue weighted by atomic mass is 9.79. The predicted octanol–water partition coefficient (Wildman–Crippen LogP) is 4.98. The summed E-state index contributed by atoms with van der Waals surface area (Å²) >= 11 is 0. The number of ether oxygens (including phenoxy) is 1. The molecule has 3 atom stereocenters. The number of methoxy groups -OCH3 is 1. The summed E-state index contributed by atoms with van der Waals surface area (Å²) in [5.41, 5.74) is -3.48. The lowest BCUT2D eigenvalue weighted by molar-refractivity contribution is -0.230. The minimum atomic E-state index is -4.82. The summed E-state index contributed by atoms with van der Waals surface area (Å²) in [5.74, 6) is 0. The van der Waals surface area contributed by atoms with Crippen LogP contribution in [0.25, 0.3) is 0 Å². The molecule has 7 heteroatoms. The summed E-state index contributed by atoms with van der Waals surface area (Å²) in [4.78, 5) is 0. The Kier molecular flexibility index (Phi) is 6.43. The molecule has 146 valence electrons. The quantitative estimate of drug-likeness (QED) is 0.540. The lowest BCUT2D eigenvalue weighted by Crippen LogP contribution is -2.52. The Hall–Kier alpha value is -0.633. The molecule has 0 aromatic heterocycles. The van der Waals surface area contributed by atoms with Crippen molar-refractivity contribution in [2.24, 2.45) is 0 Å². The van der Waals surface area contributed by atoms with Gasteiger partial charge in [0.2, 0.25) is 5.60 Å². The van der Waals surface area contributed by atoms with E-state index in [9.17, 15) is 18.3 Å². The van der Waals surface area contributed by atoms with Crippen molar-refractivity contribution in [3.63, 3.8) is 0 Å². The minimum absolute atomic E-state index is 0.0142. The van der Waals surface area contributed by atoms with Gasteiger partial charge in [0.25, 0.3) is 0 Å². The number of rotatable bonds is 5. The molecule has 0 bridgehead atoms. The van der Waals surface area contributed by atoms with E-state index < -0.39 is 26.2 Å². The van der Waals surface area contributed by atoms with E-state index in [4.69, 9.17) is 9.16 Å². The molecule has 0 heterocycles. The van der Waals surface area contributed by atoms with Gasteiger partial charge in [-0.3, -0.25) is 0 Å². The van der Waals surface area contributed by atoms with Gasteiger partial charge in [0.05, 0.1) is 6.10 Å². The van der Waals surface area contributed by atoms with Gasteiger partial charge in [0.15, 0.2) is 8.32 Å². The SMILES string of the molecule is C=C(C)C(O)(C1=C[C@H](OC)[C@@H](O[Si](C)(C)C(C)(C)C)CC1)C(F)(F)F. The number of hydrogen-bond donors (Lipinski definition) is 1. The molecule has 0 aromatic rings. The number of alkyl halides is 3. The zero-order chi connectivity index (χ0) is 19.8. The van der Waals surface area contributed by atoms with Gasteiger partial charge in [-0.05, 0) is 49.0 Å².